The number of rotatable bonds is 8. The summed E-state index contributed by atoms with van der Waals surface area (Å²) < 4.78 is 6.93. The number of pyridine rings is 1. The lowest BCUT2D eigenvalue weighted by molar-refractivity contribution is -0.127. The number of hydrogen-bond acceptors (Lipinski definition) is 5. The highest BCUT2D eigenvalue weighted by molar-refractivity contribution is 6.30. The van der Waals surface area contributed by atoms with E-state index in [4.69, 9.17) is 21.7 Å². The Labute approximate surface area is 171 Å². The van der Waals surface area contributed by atoms with Gasteiger partial charge in [0.05, 0.1) is 11.6 Å². The van der Waals surface area contributed by atoms with Crippen molar-refractivity contribution in [2.45, 2.75) is 57.2 Å². The van der Waals surface area contributed by atoms with Crippen LogP contribution in [0.1, 0.15) is 39.0 Å². The Balaban J connectivity index is 1.61. The number of carbonyl (C=O) groups excluding carboxylic acids is 1. The van der Waals surface area contributed by atoms with Crippen LogP contribution in [0.15, 0.2) is 12.1 Å². The van der Waals surface area contributed by atoms with Gasteiger partial charge in [0.2, 0.25) is 5.91 Å². The molecule has 28 heavy (non-hydrogen) atoms. The highest BCUT2D eigenvalue weighted by Gasteiger charge is 2.44. The summed E-state index contributed by atoms with van der Waals surface area (Å²) in [4.78, 5) is 15.7. The summed E-state index contributed by atoms with van der Waals surface area (Å²) in [6.07, 6.45) is 4.58. The number of hydrogen-bond donors (Lipinski definition) is 3. The first-order valence-corrected chi connectivity index (χ1v) is 10.6. The molecule has 156 valence electrons. The molecule has 2 aliphatic heterocycles. The first kappa shape index (κ1) is 21.1. The van der Waals surface area contributed by atoms with E-state index in [-0.39, 0.29) is 17.4 Å². The van der Waals surface area contributed by atoms with Gasteiger partial charge in [0, 0.05) is 39.4 Å². The molecule has 0 aliphatic carbocycles. The zero-order valence-corrected chi connectivity index (χ0v) is 17.6. The minimum atomic E-state index is -0.710. The molecular formula is C20H32ClN5O2. The third-order valence-electron chi connectivity index (χ3n) is 5.83. The quantitative estimate of drug-likeness (QED) is 0.575. The van der Waals surface area contributed by atoms with Crippen LogP contribution >= 0.6 is 11.6 Å². The maximum absolute atomic E-state index is 13.3. The molecule has 1 saturated heterocycles. The predicted octanol–water partition coefficient (Wildman–Crippen LogP) is 2.20. The Hall–Kier alpha value is -1.57. The van der Waals surface area contributed by atoms with Crippen LogP contribution < -0.4 is 16.1 Å². The molecule has 1 fully saturated rings. The monoisotopic (exact) mass is 409 g/mol. The normalized spacial score (nSPS) is 22.7. The number of fused-ring (bicyclic) bond motifs is 1. The lowest BCUT2D eigenvalue weighted by Gasteiger charge is -2.35. The molecule has 3 heterocycles. The topological polar surface area (TPSA) is 82.4 Å². The van der Waals surface area contributed by atoms with Gasteiger partial charge in [0.1, 0.15) is 16.8 Å². The Morgan fingerprint density at radius 1 is 1.43 bits per heavy atom. The number of anilines is 1. The van der Waals surface area contributed by atoms with E-state index in [0.29, 0.717) is 18.0 Å². The Morgan fingerprint density at radius 3 is 2.86 bits per heavy atom. The van der Waals surface area contributed by atoms with Crippen LogP contribution in [-0.2, 0) is 16.1 Å². The van der Waals surface area contributed by atoms with Gasteiger partial charge < -0.3 is 24.8 Å². The van der Waals surface area contributed by atoms with E-state index in [0.717, 1.165) is 57.7 Å². The lowest BCUT2D eigenvalue weighted by atomic mass is 9.92. The van der Waals surface area contributed by atoms with E-state index in [1.165, 1.54) is 0 Å². The summed E-state index contributed by atoms with van der Waals surface area (Å²) in [5, 5.41) is 15.3. The van der Waals surface area contributed by atoms with Crippen molar-refractivity contribution < 1.29 is 9.53 Å². The number of nitrogens with zero attached hydrogens (tertiary/aromatic N) is 2. The van der Waals surface area contributed by atoms with Crippen LogP contribution in [0.5, 0.6) is 0 Å². The molecule has 3 N–H and O–H groups in total. The van der Waals surface area contributed by atoms with Crippen molar-refractivity contribution in [1.82, 2.24) is 14.8 Å². The average Bonchev–Trinajstić information content (AvgIpc) is 3.07. The van der Waals surface area contributed by atoms with E-state index >= 15 is 0 Å². The molecule has 0 spiro atoms. The molecule has 8 heteroatoms. The van der Waals surface area contributed by atoms with Crippen molar-refractivity contribution >= 4 is 23.3 Å². The van der Waals surface area contributed by atoms with Crippen molar-refractivity contribution in [3.05, 3.63) is 22.6 Å². The molecule has 1 unspecified atom stereocenters. The summed E-state index contributed by atoms with van der Waals surface area (Å²) in [5.74, 6) is 0.817. The molecule has 0 aromatic carbocycles. The summed E-state index contributed by atoms with van der Waals surface area (Å²) in [6, 6.07) is 3.76. The molecule has 1 atom stereocenters. The smallest absolute Gasteiger partial charge is 0.247 e. The van der Waals surface area contributed by atoms with Crippen molar-refractivity contribution in [2.75, 3.05) is 38.7 Å². The zero-order valence-electron chi connectivity index (χ0n) is 16.9. The number of ether oxygens (including phenoxy) is 1. The Kier molecular flexibility index (Phi) is 7.01. The first-order chi connectivity index (χ1) is 13.5. The maximum Gasteiger partial charge on any atom is 0.247 e. The molecule has 1 aromatic heterocycles. The molecule has 2 aliphatic rings. The summed E-state index contributed by atoms with van der Waals surface area (Å²) in [6.45, 7) is 6.38. The van der Waals surface area contributed by atoms with Crippen LogP contribution in [0.25, 0.3) is 0 Å². The van der Waals surface area contributed by atoms with Gasteiger partial charge in [0.15, 0.2) is 0 Å². The fraction of sp³-hybridized carbons (Fsp3) is 0.700. The number of methoxy groups -OCH3 is 1. The predicted molar refractivity (Wildman–Crippen MR) is 111 cm³/mol. The molecule has 7 nitrogen and oxygen atoms in total. The van der Waals surface area contributed by atoms with Crippen molar-refractivity contribution in [2.24, 2.45) is 0 Å². The van der Waals surface area contributed by atoms with Gasteiger partial charge in [-0.2, -0.15) is 0 Å². The van der Waals surface area contributed by atoms with Crippen LogP contribution in [0.3, 0.4) is 0 Å². The largest absolute Gasteiger partial charge is 0.385 e. The van der Waals surface area contributed by atoms with Crippen molar-refractivity contribution in [3.63, 3.8) is 0 Å². The van der Waals surface area contributed by atoms with Crippen LogP contribution in [0, 0.1) is 5.41 Å². The van der Waals surface area contributed by atoms with E-state index in [2.05, 4.69) is 22.5 Å². The SMILES string of the molecule is CCCC1(C(=O)NC2CCN(CCCOC)CC2)Cn2c(ccc(Cl)c2=N)N1. The van der Waals surface area contributed by atoms with Crippen LogP contribution in [-0.4, -0.2) is 60.3 Å². The minimum absolute atomic E-state index is 0.0337. The van der Waals surface area contributed by atoms with E-state index in [1.54, 1.807) is 17.7 Å². The second-order valence-corrected chi connectivity index (χ2v) is 8.30. The van der Waals surface area contributed by atoms with Crippen LogP contribution in [0.2, 0.25) is 5.02 Å². The summed E-state index contributed by atoms with van der Waals surface area (Å²) in [5.41, 5.74) is -0.459. The van der Waals surface area contributed by atoms with Gasteiger partial charge in [-0.1, -0.05) is 24.9 Å². The number of piperidine rings is 1. The van der Waals surface area contributed by atoms with Gasteiger partial charge >= 0.3 is 0 Å². The van der Waals surface area contributed by atoms with Gasteiger partial charge in [-0.05, 0) is 37.8 Å². The lowest BCUT2D eigenvalue weighted by Crippen LogP contribution is -2.56. The Bertz CT molecular complexity index is 745. The Morgan fingerprint density at radius 2 is 2.18 bits per heavy atom. The van der Waals surface area contributed by atoms with Gasteiger partial charge in [-0.3, -0.25) is 10.2 Å². The highest BCUT2D eigenvalue weighted by Crippen LogP contribution is 2.30. The number of halogens is 1. The number of carbonyl (C=O) groups is 1. The highest BCUT2D eigenvalue weighted by atomic mass is 35.5. The maximum atomic E-state index is 13.3. The molecule has 1 aromatic rings. The summed E-state index contributed by atoms with van der Waals surface area (Å²) >= 11 is 6.11. The number of likely N-dealkylation sites (tertiary alicyclic amines) is 1. The van der Waals surface area contributed by atoms with Gasteiger partial charge in [-0.15, -0.1) is 0 Å². The van der Waals surface area contributed by atoms with E-state index in [9.17, 15) is 4.79 Å². The second kappa shape index (κ2) is 9.29. The van der Waals surface area contributed by atoms with Crippen molar-refractivity contribution in [3.8, 4) is 0 Å². The zero-order chi connectivity index (χ0) is 20.1. The second-order valence-electron chi connectivity index (χ2n) is 7.89. The van der Waals surface area contributed by atoms with E-state index in [1.807, 2.05) is 6.07 Å². The molecule has 0 bridgehead atoms. The number of nitrogens with one attached hydrogen (secondary N) is 3. The molecule has 3 rings (SSSR count). The fourth-order valence-electron chi connectivity index (χ4n) is 4.27. The van der Waals surface area contributed by atoms with Crippen LogP contribution in [0.4, 0.5) is 5.82 Å². The number of amides is 1. The molecule has 0 radical (unpaired) electrons. The first-order valence-electron chi connectivity index (χ1n) is 10.2. The molecule has 1 amide bonds. The molecule has 0 saturated carbocycles. The third-order valence-corrected chi connectivity index (χ3v) is 6.13. The molecular weight excluding hydrogens is 378 g/mol. The third kappa shape index (κ3) is 4.53. The minimum Gasteiger partial charge on any atom is -0.385 e. The van der Waals surface area contributed by atoms with Crippen molar-refractivity contribution in [1.29, 1.82) is 5.41 Å². The summed E-state index contributed by atoms with van der Waals surface area (Å²) in [7, 11) is 1.74. The van der Waals surface area contributed by atoms with E-state index < -0.39 is 5.54 Å². The van der Waals surface area contributed by atoms with Gasteiger partial charge in [-0.25, -0.2) is 0 Å². The fourth-order valence-corrected chi connectivity index (χ4v) is 4.43. The van der Waals surface area contributed by atoms with Gasteiger partial charge in [0.25, 0.3) is 0 Å². The average molecular weight is 410 g/mol. The standard InChI is InChI=1S/C20H32ClN5O2/c1-3-9-20(14-26-17(24-20)6-5-16(21)18(26)22)19(27)23-15-7-11-25(12-8-15)10-4-13-28-2/h5-6,15,22,24H,3-4,7-14H2,1-2H3,(H,23,27). The number of aromatic nitrogens is 1.